The molecule has 0 fully saturated rings. The summed E-state index contributed by atoms with van der Waals surface area (Å²) in [7, 11) is 0. The molecular formula is C98H62N8. The van der Waals surface area contributed by atoms with Gasteiger partial charge < -0.3 is 27.4 Å². The Morgan fingerprint density at radius 1 is 0.226 bits per heavy atom. The number of fused-ring (bicyclic) bond motifs is 18. The van der Waals surface area contributed by atoms with E-state index in [9.17, 15) is 5.26 Å². The van der Waals surface area contributed by atoms with Gasteiger partial charge in [-0.05, 0) is 205 Å². The van der Waals surface area contributed by atoms with Crippen molar-refractivity contribution >= 4 is 131 Å². The fourth-order valence-electron chi connectivity index (χ4n) is 17.9. The van der Waals surface area contributed by atoms with Gasteiger partial charge in [-0.3, -0.25) is 4.98 Å². The van der Waals surface area contributed by atoms with E-state index in [1.54, 1.807) is 0 Å². The van der Waals surface area contributed by atoms with E-state index in [-0.39, 0.29) is 0 Å². The highest BCUT2D eigenvalue weighted by molar-refractivity contribution is 6.17. The predicted octanol–water partition coefficient (Wildman–Crippen LogP) is 25.2. The van der Waals surface area contributed by atoms with Crippen LogP contribution in [0.3, 0.4) is 0 Å². The van der Waals surface area contributed by atoms with E-state index in [1.807, 2.05) is 6.92 Å². The van der Waals surface area contributed by atoms with Crippen molar-refractivity contribution in [1.82, 2.24) is 32.4 Å². The minimum absolute atomic E-state index is 0.570. The molecule has 0 aliphatic heterocycles. The molecule has 7 heterocycles. The predicted molar refractivity (Wildman–Crippen MR) is 441 cm³/mol. The first-order chi connectivity index (χ1) is 52.4. The second kappa shape index (κ2) is 22.9. The van der Waals surface area contributed by atoms with Crippen LogP contribution in [-0.4, -0.2) is 32.4 Å². The van der Waals surface area contributed by atoms with Crippen LogP contribution in [0.1, 0.15) is 17.0 Å². The summed E-state index contributed by atoms with van der Waals surface area (Å²) < 4.78 is 14.5. The van der Waals surface area contributed by atoms with Crippen LogP contribution in [0.2, 0.25) is 0 Å². The van der Waals surface area contributed by atoms with Crippen molar-refractivity contribution in [3.8, 4) is 73.6 Å². The first-order valence-corrected chi connectivity index (χ1v) is 36.2. The van der Waals surface area contributed by atoms with Gasteiger partial charge in [0.15, 0.2) is 0 Å². The van der Waals surface area contributed by atoms with E-state index in [2.05, 4.69) is 380 Å². The maximum absolute atomic E-state index is 11.1. The van der Waals surface area contributed by atoms with Crippen LogP contribution in [0.25, 0.3) is 198 Å². The number of aromatic nitrogens is 7. The minimum atomic E-state index is 0.570. The fourth-order valence-corrected chi connectivity index (χ4v) is 17.9. The van der Waals surface area contributed by atoms with Crippen LogP contribution in [0.15, 0.2) is 340 Å². The Hall–Kier alpha value is -14.3. The van der Waals surface area contributed by atoms with Crippen molar-refractivity contribution in [3.63, 3.8) is 0 Å². The molecular weight excluding hydrogens is 1290 g/mol. The summed E-state index contributed by atoms with van der Waals surface area (Å²) >= 11 is 0. The van der Waals surface area contributed by atoms with Crippen LogP contribution in [-0.2, 0) is 0 Å². The maximum Gasteiger partial charge on any atom is 0.0992 e. The molecule has 15 aromatic carbocycles. The molecule has 22 aromatic rings. The number of pyridine rings is 1. The molecule has 0 unspecified atom stereocenters. The molecule has 7 aromatic heterocycles. The zero-order valence-electron chi connectivity index (χ0n) is 57.9. The van der Waals surface area contributed by atoms with Crippen LogP contribution in [0.5, 0.6) is 0 Å². The number of rotatable bonds is 9. The average Bonchev–Trinajstić information content (AvgIpc) is 1.54. The first-order valence-electron chi connectivity index (χ1n) is 36.2. The van der Waals surface area contributed by atoms with Crippen molar-refractivity contribution in [3.05, 3.63) is 357 Å². The van der Waals surface area contributed by atoms with E-state index in [1.165, 1.54) is 87.2 Å². The lowest BCUT2D eigenvalue weighted by molar-refractivity contribution is 1.13. The van der Waals surface area contributed by atoms with E-state index >= 15 is 0 Å². The molecule has 22 rings (SSSR count). The molecule has 0 amide bonds. The van der Waals surface area contributed by atoms with Crippen molar-refractivity contribution in [2.24, 2.45) is 0 Å². The van der Waals surface area contributed by atoms with Crippen LogP contribution in [0, 0.1) is 25.2 Å². The highest BCUT2D eigenvalue weighted by atomic mass is 15.0. The molecule has 0 saturated heterocycles. The maximum atomic E-state index is 11.1. The van der Waals surface area contributed by atoms with Gasteiger partial charge in [0.25, 0.3) is 0 Å². The number of benzene rings is 15. The van der Waals surface area contributed by atoms with E-state index in [0.717, 1.165) is 123 Å². The second-order valence-corrected chi connectivity index (χ2v) is 28.2. The van der Waals surface area contributed by atoms with E-state index in [4.69, 9.17) is 4.98 Å². The minimum Gasteiger partial charge on any atom is -0.309 e. The van der Waals surface area contributed by atoms with E-state index in [0.29, 0.717) is 5.56 Å². The Kier molecular flexibility index (Phi) is 12.8. The van der Waals surface area contributed by atoms with Crippen molar-refractivity contribution in [2.45, 2.75) is 13.8 Å². The Morgan fingerprint density at radius 3 is 0.717 bits per heavy atom. The van der Waals surface area contributed by atoms with Gasteiger partial charge >= 0.3 is 0 Å². The highest BCUT2D eigenvalue weighted by Gasteiger charge is 2.25. The van der Waals surface area contributed by atoms with Crippen molar-refractivity contribution < 1.29 is 0 Å². The van der Waals surface area contributed by atoms with Crippen molar-refractivity contribution in [2.75, 3.05) is 0 Å². The highest BCUT2D eigenvalue weighted by Crippen LogP contribution is 2.47. The molecule has 8 nitrogen and oxygen atoms in total. The zero-order valence-corrected chi connectivity index (χ0v) is 57.9. The van der Waals surface area contributed by atoms with Crippen LogP contribution >= 0.6 is 0 Å². The number of hydrogen-bond donors (Lipinski definition) is 0. The summed E-state index contributed by atoms with van der Waals surface area (Å²) in [5, 5.41) is 25.5. The molecule has 0 radical (unpaired) electrons. The Morgan fingerprint density at radius 2 is 0.462 bits per heavy atom. The number of nitriles is 1. The number of nitrogens with zero attached hydrogens (tertiary/aromatic N) is 8. The largest absolute Gasteiger partial charge is 0.309 e. The quantitative estimate of drug-likeness (QED) is 0.145. The van der Waals surface area contributed by atoms with Crippen LogP contribution in [0.4, 0.5) is 0 Å². The average molecular weight is 1350 g/mol. The summed E-state index contributed by atoms with van der Waals surface area (Å²) in [6.07, 6.45) is 0. The van der Waals surface area contributed by atoms with Gasteiger partial charge in [-0.15, -0.1) is 0 Å². The van der Waals surface area contributed by atoms with Crippen molar-refractivity contribution in [1.29, 1.82) is 5.26 Å². The van der Waals surface area contributed by atoms with Gasteiger partial charge in [-0.2, -0.15) is 5.26 Å². The smallest absolute Gasteiger partial charge is 0.0992 e. The topological polar surface area (TPSA) is 66.3 Å². The van der Waals surface area contributed by atoms with Gasteiger partial charge in [0.1, 0.15) is 0 Å². The molecule has 0 aliphatic carbocycles. The molecule has 0 saturated carbocycles. The third-order valence-corrected chi connectivity index (χ3v) is 22.5. The number of hydrogen-bond acceptors (Lipinski definition) is 2. The molecule has 106 heavy (non-hydrogen) atoms. The Bertz CT molecular complexity index is 6570. The van der Waals surface area contributed by atoms with Gasteiger partial charge in [0.2, 0.25) is 0 Å². The summed E-state index contributed by atoms with van der Waals surface area (Å²) in [4.78, 5) is 5.10. The molecule has 8 heteroatoms. The summed E-state index contributed by atoms with van der Waals surface area (Å²) in [6.45, 7) is 4.15. The van der Waals surface area contributed by atoms with Crippen LogP contribution < -0.4 is 0 Å². The standard InChI is InChI=1S/C98H62N8/c1-60-35-48-71(61(2)100-60)98-80(63-36-40-65(41-37-63)101-94-49-44-67(103-86-27-11-3-19-72(86)73-20-4-12-28-87(73)103)55-82(94)83-56-68(45-50-95(83)101)104-88-29-13-5-21-74(88)75-22-6-14-30-89(75)104)53-62(59-99)54-81(98)64-38-42-66(43-39-64)102-96-51-46-69(105-90-31-15-7-23-76(90)77-24-8-16-32-91(77)105)57-84(96)85-58-70(47-52-97(85)102)106-92-33-17-9-25-78(92)79-26-10-18-34-93(79)106/h3-58H,1-2H3. The monoisotopic (exact) mass is 1350 g/mol. The fraction of sp³-hybridized carbons (Fsp3) is 0.0204. The normalized spacial score (nSPS) is 12.0. The SMILES string of the molecule is Cc1ccc(-c2c(-c3ccc(-n4c5ccc(-n6c7ccccc7c7ccccc76)cc5c5cc(-n6c7ccccc7c7ccccc76)ccc54)cc3)cc(C#N)cc2-c2ccc(-n3c4ccc(-n5c6ccccc6c6ccccc65)cc4c4cc(-n5c6ccccc6c6ccccc65)ccc43)cc2)c(C)n1. The molecule has 0 aliphatic rings. The second-order valence-electron chi connectivity index (χ2n) is 28.2. The number of aryl methyl sites for hydroxylation is 2. The molecule has 494 valence electrons. The lowest BCUT2D eigenvalue weighted by Gasteiger charge is -2.19. The van der Waals surface area contributed by atoms with Gasteiger partial charge in [0.05, 0.1) is 77.8 Å². The number of para-hydroxylation sites is 8. The lowest BCUT2D eigenvalue weighted by atomic mass is 9.85. The summed E-state index contributed by atoms with van der Waals surface area (Å²) in [5.74, 6) is 0. The molecule has 0 N–H and O–H groups in total. The molecule has 0 atom stereocenters. The summed E-state index contributed by atoms with van der Waals surface area (Å²) in [6, 6.07) is 127. The lowest BCUT2D eigenvalue weighted by Crippen LogP contribution is -1.99. The zero-order chi connectivity index (χ0) is 70.0. The van der Waals surface area contributed by atoms with E-state index < -0.39 is 0 Å². The molecule has 0 spiro atoms. The van der Waals surface area contributed by atoms with Gasteiger partial charge in [-0.25, -0.2) is 0 Å². The van der Waals surface area contributed by atoms with Gasteiger partial charge in [0, 0.05) is 116 Å². The first kappa shape index (κ1) is 59.4. The molecule has 0 bridgehead atoms. The Labute approximate surface area is 608 Å². The summed E-state index contributed by atoms with van der Waals surface area (Å²) in [5.41, 5.74) is 28.5. The third-order valence-electron chi connectivity index (χ3n) is 22.5. The third kappa shape index (κ3) is 8.72. The van der Waals surface area contributed by atoms with Gasteiger partial charge in [-0.1, -0.05) is 176 Å². The Balaban J connectivity index is 0.701.